The molecule has 0 aliphatic carbocycles. The van der Waals surface area contributed by atoms with Crippen molar-refractivity contribution in [2.24, 2.45) is 0 Å². The molecule has 0 fully saturated rings. The van der Waals surface area contributed by atoms with Gasteiger partial charge in [0.05, 0.1) is 0 Å². The van der Waals surface area contributed by atoms with Crippen molar-refractivity contribution in [1.29, 1.82) is 0 Å². The standard InChI is InChI=1S/C12H13BrO3/c1-9(14)12(2,13)11(15)16-8-10-6-4-3-5-7-10/h3-7H,8H2,1-2H3/t12-/m0/s1. The number of Topliss-reactive ketones (excluding diaryl/α,β-unsaturated/α-hetero) is 1. The molecule has 1 atom stereocenters. The van der Waals surface area contributed by atoms with Crippen LogP contribution < -0.4 is 0 Å². The summed E-state index contributed by atoms with van der Waals surface area (Å²) >= 11 is 3.06. The number of halogens is 1. The highest BCUT2D eigenvalue weighted by molar-refractivity contribution is 9.10. The van der Waals surface area contributed by atoms with Crippen LogP contribution in [0.1, 0.15) is 19.4 Å². The monoisotopic (exact) mass is 284 g/mol. The Morgan fingerprint density at radius 3 is 2.38 bits per heavy atom. The first-order chi connectivity index (χ1) is 7.44. The molecule has 0 unspecified atom stereocenters. The van der Waals surface area contributed by atoms with Gasteiger partial charge in [0.2, 0.25) is 0 Å². The number of alkyl halides is 1. The second-order valence-corrected chi connectivity index (χ2v) is 5.21. The van der Waals surface area contributed by atoms with Crippen LogP contribution in [0, 0.1) is 0 Å². The normalized spacial score (nSPS) is 13.9. The van der Waals surface area contributed by atoms with Crippen molar-refractivity contribution in [2.45, 2.75) is 24.8 Å². The van der Waals surface area contributed by atoms with Gasteiger partial charge < -0.3 is 4.74 Å². The molecular weight excluding hydrogens is 272 g/mol. The molecule has 0 aliphatic rings. The van der Waals surface area contributed by atoms with Crippen molar-refractivity contribution in [2.75, 3.05) is 0 Å². The van der Waals surface area contributed by atoms with E-state index in [0.717, 1.165) is 5.56 Å². The fraction of sp³-hybridized carbons (Fsp3) is 0.333. The van der Waals surface area contributed by atoms with Gasteiger partial charge in [-0.15, -0.1) is 0 Å². The Hall–Kier alpha value is -1.16. The number of carbonyl (C=O) groups excluding carboxylic acids is 2. The maximum atomic E-state index is 11.6. The van der Waals surface area contributed by atoms with Gasteiger partial charge in [-0.25, -0.2) is 0 Å². The molecular formula is C12H13BrO3. The first-order valence-electron chi connectivity index (χ1n) is 4.85. The van der Waals surface area contributed by atoms with Crippen LogP contribution in [0.4, 0.5) is 0 Å². The molecule has 0 radical (unpaired) electrons. The average Bonchev–Trinajstić information content (AvgIpc) is 2.27. The van der Waals surface area contributed by atoms with Crippen molar-refractivity contribution in [1.82, 2.24) is 0 Å². The largest absolute Gasteiger partial charge is 0.459 e. The molecule has 0 saturated heterocycles. The van der Waals surface area contributed by atoms with Crippen molar-refractivity contribution in [3.8, 4) is 0 Å². The molecule has 0 spiro atoms. The molecule has 4 heteroatoms. The lowest BCUT2D eigenvalue weighted by Gasteiger charge is -2.17. The van der Waals surface area contributed by atoms with Crippen molar-refractivity contribution < 1.29 is 14.3 Å². The van der Waals surface area contributed by atoms with Gasteiger partial charge in [-0.2, -0.15) is 0 Å². The number of benzene rings is 1. The van der Waals surface area contributed by atoms with E-state index in [-0.39, 0.29) is 12.4 Å². The van der Waals surface area contributed by atoms with E-state index in [0.29, 0.717) is 0 Å². The molecule has 86 valence electrons. The van der Waals surface area contributed by atoms with Gasteiger partial charge in [0.25, 0.3) is 0 Å². The molecule has 0 aliphatic heterocycles. The topological polar surface area (TPSA) is 43.4 Å². The predicted octanol–water partition coefficient (Wildman–Crippen LogP) is 2.47. The maximum absolute atomic E-state index is 11.6. The zero-order valence-electron chi connectivity index (χ0n) is 9.20. The van der Waals surface area contributed by atoms with E-state index in [1.807, 2.05) is 30.3 Å². The lowest BCUT2D eigenvalue weighted by Crippen LogP contribution is -2.37. The zero-order chi connectivity index (χ0) is 12.2. The summed E-state index contributed by atoms with van der Waals surface area (Å²) in [7, 11) is 0. The Morgan fingerprint density at radius 2 is 1.88 bits per heavy atom. The van der Waals surface area contributed by atoms with Crippen LogP contribution in [0.2, 0.25) is 0 Å². The number of hydrogen-bond donors (Lipinski definition) is 0. The van der Waals surface area contributed by atoms with Crippen LogP contribution in [0.5, 0.6) is 0 Å². The van der Waals surface area contributed by atoms with E-state index in [2.05, 4.69) is 15.9 Å². The molecule has 1 aromatic carbocycles. The summed E-state index contributed by atoms with van der Waals surface area (Å²) < 4.78 is 3.80. The molecule has 16 heavy (non-hydrogen) atoms. The smallest absolute Gasteiger partial charge is 0.330 e. The van der Waals surface area contributed by atoms with E-state index in [1.165, 1.54) is 13.8 Å². The second-order valence-electron chi connectivity index (χ2n) is 3.62. The summed E-state index contributed by atoms with van der Waals surface area (Å²) in [5.74, 6) is -0.839. The van der Waals surface area contributed by atoms with Gasteiger partial charge in [0.15, 0.2) is 10.1 Å². The predicted molar refractivity (Wildman–Crippen MR) is 64.3 cm³/mol. The number of ether oxygens (including phenoxy) is 1. The minimum absolute atomic E-state index is 0.175. The third-order valence-electron chi connectivity index (χ3n) is 2.26. The van der Waals surface area contributed by atoms with Crippen molar-refractivity contribution in [3.05, 3.63) is 35.9 Å². The highest BCUT2D eigenvalue weighted by atomic mass is 79.9. The third kappa shape index (κ3) is 3.17. The van der Waals surface area contributed by atoms with Gasteiger partial charge in [-0.1, -0.05) is 46.3 Å². The number of esters is 1. The van der Waals surface area contributed by atoms with Crippen LogP contribution in [0.3, 0.4) is 0 Å². The Balaban J connectivity index is 2.57. The Bertz CT molecular complexity index is 385. The summed E-state index contributed by atoms with van der Waals surface area (Å²) in [4.78, 5) is 22.8. The fourth-order valence-corrected chi connectivity index (χ4v) is 1.12. The molecule has 1 aromatic rings. The number of carbonyl (C=O) groups is 2. The van der Waals surface area contributed by atoms with E-state index in [4.69, 9.17) is 4.74 Å². The summed E-state index contributed by atoms with van der Waals surface area (Å²) in [5.41, 5.74) is 0.891. The minimum Gasteiger partial charge on any atom is -0.459 e. The first-order valence-corrected chi connectivity index (χ1v) is 5.65. The van der Waals surface area contributed by atoms with Gasteiger partial charge >= 0.3 is 5.97 Å². The molecule has 0 amide bonds. The maximum Gasteiger partial charge on any atom is 0.330 e. The van der Waals surface area contributed by atoms with Crippen LogP contribution in [-0.4, -0.2) is 16.1 Å². The van der Waals surface area contributed by atoms with E-state index < -0.39 is 10.3 Å². The Kier molecular flexibility index (Phi) is 4.24. The van der Waals surface area contributed by atoms with Gasteiger partial charge in [0, 0.05) is 0 Å². The molecule has 0 aromatic heterocycles. The van der Waals surface area contributed by atoms with Crippen molar-refractivity contribution >= 4 is 27.7 Å². The van der Waals surface area contributed by atoms with Gasteiger partial charge in [-0.05, 0) is 19.4 Å². The lowest BCUT2D eigenvalue weighted by molar-refractivity contribution is -0.149. The molecule has 0 N–H and O–H groups in total. The molecule has 3 nitrogen and oxygen atoms in total. The summed E-state index contributed by atoms with van der Waals surface area (Å²) in [6.45, 7) is 3.01. The SMILES string of the molecule is CC(=O)[C@](C)(Br)C(=O)OCc1ccccc1. The van der Waals surface area contributed by atoms with E-state index in [9.17, 15) is 9.59 Å². The summed E-state index contributed by atoms with van der Waals surface area (Å²) in [6.07, 6.45) is 0. The summed E-state index contributed by atoms with van der Waals surface area (Å²) in [6, 6.07) is 9.32. The first kappa shape index (κ1) is 12.9. The van der Waals surface area contributed by atoms with Crippen LogP contribution in [0.15, 0.2) is 30.3 Å². The number of ketones is 1. The third-order valence-corrected chi connectivity index (χ3v) is 3.14. The highest BCUT2D eigenvalue weighted by Gasteiger charge is 2.36. The molecule has 0 heterocycles. The fourth-order valence-electron chi connectivity index (χ4n) is 1.00. The van der Waals surface area contributed by atoms with Crippen LogP contribution in [0.25, 0.3) is 0 Å². The molecule has 0 saturated carbocycles. The summed E-state index contributed by atoms with van der Waals surface area (Å²) in [5, 5.41) is 0. The highest BCUT2D eigenvalue weighted by Crippen LogP contribution is 2.21. The number of hydrogen-bond acceptors (Lipinski definition) is 3. The Morgan fingerprint density at radius 1 is 1.31 bits per heavy atom. The minimum atomic E-state index is -1.25. The molecule has 0 bridgehead atoms. The average molecular weight is 285 g/mol. The van der Waals surface area contributed by atoms with Gasteiger partial charge in [0.1, 0.15) is 6.61 Å². The van der Waals surface area contributed by atoms with Crippen LogP contribution >= 0.6 is 15.9 Å². The quantitative estimate of drug-likeness (QED) is 0.485. The van der Waals surface area contributed by atoms with E-state index in [1.54, 1.807) is 0 Å². The molecule has 1 rings (SSSR count). The van der Waals surface area contributed by atoms with Gasteiger partial charge in [-0.3, -0.25) is 9.59 Å². The zero-order valence-corrected chi connectivity index (χ0v) is 10.8. The Labute approximate surface area is 103 Å². The number of rotatable bonds is 4. The lowest BCUT2D eigenvalue weighted by atomic mass is 10.1. The van der Waals surface area contributed by atoms with Crippen LogP contribution in [-0.2, 0) is 20.9 Å². The second kappa shape index (κ2) is 5.25. The van der Waals surface area contributed by atoms with E-state index >= 15 is 0 Å². The van der Waals surface area contributed by atoms with Crippen molar-refractivity contribution in [3.63, 3.8) is 0 Å².